The van der Waals surface area contributed by atoms with Crippen LogP contribution in [0.5, 0.6) is 0 Å². The average molecular weight is 553 g/mol. The predicted molar refractivity (Wildman–Crippen MR) is 141 cm³/mol. The molecule has 5 N–H and O–H groups in total. The van der Waals surface area contributed by atoms with Crippen molar-refractivity contribution in [3.05, 3.63) is 23.8 Å². The fraction of sp³-hybridized carbons (Fsp3) is 0.615. The number of rotatable bonds is 20. The van der Waals surface area contributed by atoms with Crippen LogP contribution in [0, 0.1) is 0 Å². The van der Waals surface area contributed by atoms with Crippen molar-refractivity contribution in [1.82, 2.24) is 20.9 Å². The van der Waals surface area contributed by atoms with Crippen molar-refractivity contribution in [2.45, 2.75) is 64.2 Å². The van der Waals surface area contributed by atoms with E-state index in [0.717, 1.165) is 23.3 Å². The van der Waals surface area contributed by atoms with E-state index in [0.29, 0.717) is 38.5 Å². The molecular weight excluding hydrogens is 512 g/mol. The summed E-state index contributed by atoms with van der Waals surface area (Å²) in [5.74, 6) is -3.42. The van der Waals surface area contributed by atoms with Gasteiger partial charge in [-0.3, -0.25) is 24.0 Å². The SMILES string of the molecule is O=C(O)CCCCCNC(=O)CN(CC(=O)NCCCCCC(=O)O)C(=O)CNC(=O)OCC1=CCCC=C1. The molecule has 0 spiro atoms. The van der Waals surface area contributed by atoms with E-state index in [4.69, 9.17) is 14.9 Å². The number of nitrogens with zero attached hydrogens (tertiary/aromatic N) is 1. The number of nitrogens with one attached hydrogen (secondary N) is 3. The molecule has 0 saturated heterocycles. The number of unbranched alkanes of at least 4 members (excludes halogenated alkanes) is 4. The number of hydrogen-bond acceptors (Lipinski definition) is 7. The number of alkyl carbamates (subject to hydrolysis) is 1. The standard InChI is InChI=1S/C26H40N4O9/c31-21(27-14-8-2-6-12-24(34)35)17-30(18-22(32)28-15-9-3-7-13-25(36)37)23(33)16-29-26(38)39-19-20-10-4-1-5-11-20/h4,10-11H,1-3,5-9,12-19H2,(H,27,31)(H,28,32)(H,29,38)(H,34,35)(H,36,37). The maximum absolute atomic E-state index is 12.7. The number of carbonyl (C=O) groups is 6. The van der Waals surface area contributed by atoms with Crippen LogP contribution < -0.4 is 16.0 Å². The number of allylic oxidation sites excluding steroid dienone is 2. The molecule has 39 heavy (non-hydrogen) atoms. The summed E-state index contributed by atoms with van der Waals surface area (Å²) in [7, 11) is 0. The highest BCUT2D eigenvalue weighted by Crippen LogP contribution is 2.09. The first kappa shape index (κ1) is 33.1. The molecule has 0 unspecified atom stereocenters. The maximum atomic E-state index is 12.7. The average Bonchev–Trinajstić information content (AvgIpc) is 2.89. The van der Waals surface area contributed by atoms with Crippen molar-refractivity contribution in [1.29, 1.82) is 0 Å². The predicted octanol–water partition coefficient (Wildman–Crippen LogP) is 1.34. The highest BCUT2D eigenvalue weighted by Gasteiger charge is 2.21. The smallest absolute Gasteiger partial charge is 0.407 e. The third-order valence-corrected chi connectivity index (χ3v) is 5.63. The van der Waals surface area contributed by atoms with Gasteiger partial charge >= 0.3 is 18.0 Å². The maximum Gasteiger partial charge on any atom is 0.407 e. The monoisotopic (exact) mass is 552 g/mol. The number of amides is 4. The molecule has 0 aliphatic heterocycles. The number of aliphatic carboxylic acids is 2. The minimum absolute atomic E-state index is 0.0502. The zero-order chi connectivity index (χ0) is 28.9. The number of carboxylic acid groups (broad SMARTS) is 2. The molecule has 0 aromatic carbocycles. The molecular formula is C26H40N4O9. The van der Waals surface area contributed by atoms with Gasteiger partial charge in [0.2, 0.25) is 17.7 Å². The Morgan fingerprint density at radius 2 is 1.33 bits per heavy atom. The van der Waals surface area contributed by atoms with Gasteiger partial charge in [0.1, 0.15) is 26.2 Å². The quantitative estimate of drug-likeness (QED) is 0.139. The van der Waals surface area contributed by atoms with Crippen LogP contribution in [0.4, 0.5) is 4.79 Å². The summed E-state index contributed by atoms with van der Waals surface area (Å²) in [4.78, 5) is 71.6. The van der Waals surface area contributed by atoms with Gasteiger partial charge in [-0.15, -0.1) is 0 Å². The molecule has 0 atom stereocenters. The number of carbonyl (C=O) groups excluding carboxylic acids is 4. The van der Waals surface area contributed by atoms with Crippen molar-refractivity contribution in [2.24, 2.45) is 0 Å². The first-order valence-corrected chi connectivity index (χ1v) is 13.2. The van der Waals surface area contributed by atoms with Gasteiger partial charge in [0.25, 0.3) is 0 Å². The van der Waals surface area contributed by atoms with Crippen LogP contribution in [-0.2, 0) is 28.7 Å². The van der Waals surface area contributed by atoms with Crippen molar-refractivity contribution < 1.29 is 43.7 Å². The van der Waals surface area contributed by atoms with E-state index < -0.39 is 55.4 Å². The summed E-state index contributed by atoms with van der Waals surface area (Å²) in [6.07, 6.45) is 10.2. The molecule has 0 radical (unpaired) electrons. The summed E-state index contributed by atoms with van der Waals surface area (Å²) >= 11 is 0. The largest absolute Gasteiger partial charge is 0.481 e. The Kier molecular flexibility index (Phi) is 17.1. The van der Waals surface area contributed by atoms with Gasteiger partial charge in [0.15, 0.2) is 0 Å². The Hall–Kier alpha value is -3.90. The highest BCUT2D eigenvalue weighted by molar-refractivity contribution is 5.90. The molecule has 0 heterocycles. The first-order valence-electron chi connectivity index (χ1n) is 13.2. The fourth-order valence-corrected chi connectivity index (χ4v) is 3.54. The molecule has 1 aliphatic rings. The van der Waals surface area contributed by atoms with Gasteiger partial charge in [-0.2, -0.15) is 0 Å². The lowest BCUT2D eigenvalue weighted by Crippen LogP contribution is -2.49. The molecule has 13 nitrogen and oxygen atoms in total. The lowest BCUT2D eigenvalue weighted by Gasteiger charge is -2.22. The summed E-state index contributed by atoms with van der Waals surface area (Å²) in [5.41, 5.74) is 0.851. The zero-order valence-corrected chi connectivity index (χ0v) is 22.2. The van der Waals surface area contributed by atoms with E-state index in [9.17, 15) is 28.8 Å². The summed E-state index contributed by atoms with van der Waals surface area (Å²) in [5, 5.41) is 24.9. The van der Waals surface area contributed by atoms with Crippen LogP contribution in [0.25, 0.3) is 0 Å². The highest BCUT2D eigenvalue weighted by atomic mass is 16.5. The van der Waals surface area contributed by atoms with E-state index in [1.807, 2.05) is 18.2 Å². The Balaban J connectivity index is 2.51. The Morgan fingerprint density at radius 3 is 1.82 bits per heavy atom. The molecule has 0 bridgehead atoms. The summed E-state index contributed by atoms with van der Waals surface area (Å²) in [6.45, 7) is -0.652. The molecule has 1 aliphatic carbocycles. The van der Waals surface area contributed by atoms with Crippen LogP contribution in [0.15, 0.2) is 23.8 Å². The van der Waals surface area contributed by atoms with E-state index >= 15 is 0 Å². The van der Waals surface area contributed by atoms with Gasteiger partial charge in [0.05, 0.1) is 0 Å². The van der Waals surface area contributed by atoms with Crippen molar-refractivity contribution in [3.8, 4) is 0 Å². The molecule has 4 amide bonds. The zero-order valence-electron chi connectivity index (χ0n) is 22.2. The van der Waals surface area contributed by atoms with E-state index in [1.165, 1.54) is 0 Å². The number of ether oxygens (including phenoxy) is 1. The first-order chi connectivity index (χ1) is 18.7. The molecule has 0 aromatic heterocycles. The Labute approximate surface area is 228 Å². The third-order valence-electron chi connectivity index (χ3n) is 5.63. The van der Waals surface area contributed by atoms with E-state index in [-0.39, 0.29) is 32.5 Å². The number of hydrogen-bond donors (Lipinski definition) is 5. The Bertz CT molecular complexity index is 862. The molecule has 0 saturated carbocycles. The number of carboxylic acids is 2. The third kappa shape index (κ3) is 18.1. The van der Waals surface area contributed by atoms with Crippen LogP contribution in [-0.4, -0.2) is 90.2 Å². The summed E-state index contributed by atoms with van der Waals surface area (Å²) < 4.78 is 5.10. The van der Waals surface area contributed by atoms with Crippen LogP contribution in [0.3, 0.4) is 0 Å². The van der Waals surface area contributed by atoms with Crippen LogP contribution in [0.1, 0.15) is 64.2 Å². The lowest BCUT2D eigenvalue weighted by atomic mass is 10.1. The van der Waals surface area contributed by atoms with E-state index in [2.05, 4.69) is 16.0 Å². The molecule has 13 heteroatoms. The van der Waals surface area contributed by atoms with Crippen molar-refractivity contribution in [2.75, 3.05) is 39.3 Å². The van der Waals surface area contributed by atoms with Gasteiger partial charge in [-0.25, -0.2) is 4.79 Å². The van der Waals surface area contributed by atoms with Crippen molar-refractivity contribution >= 4 is 35.8 Å². The van der Waals surface area contributed by atoms with Crippen LogP contribution in [0.2, 0.25) is 0 Å². The molecule has 1 rings (SSSR count). The molecule has 218 valence electrons. The summed E-state index contributed by atoms with van der Waals surface area (Å²) in [6, 6.07) is 0. The minimum Gasteiger partial charge on any atom is -0.481 e. The van der Waals surface area contributed by atoms with Crippen LogP contribution >= 0.6 is 0 Å². The van der Waals surface area contributed by atoms with Gasteiger partial charge in [0, 0.05) is 25.9 Å². The second kappa shape index (κ2) is 20.1. The van der Waals surface area contributed by atoms with Crippen molar-refractivity contribution in [3.63, 3.8) is 0 Å². The normalized spacial score (nSPS) is 12.2. The Morgan fingerprint density at radius 1 is 0.769 bits per heavy atom. The molecule has 0 fully saturated rings. The lowest BCUT2D eigenvalue weighted by molar-refractivity contribution is -0.138. The van der Waals surface area contributed by atoms with Gasteiger partial charge in [-0.05, 0) is 44.1 Å². The fourth-order valence-electron chi connectivity index (χ4n) is 3.54. The molecule has 0 aromatic rings. The minimum atomic E-state index is -0.882. The second-order valence-corrected chi connectivity index (χ2v) is 9.05. The second-order valence-electron chi connectivity index (χ2n) is 9.05. The van der Waals surface area contributed by atoms with Gasteiger partial charge < -0.3 is 35.8 Å². The topological polar surface area (TPSA) is 191 Å². The van der Waals surface area contributed by atoms with E-state index in [1.54, 1.807) is 0 Å². The van der Waals surface area contributed by atoms with Gasteiger partial charge in [-0.1, -0.05) is 31.1 Å².